The molecule has 0 amide bonds. The maximum atomic E-state index is 5.88. The Bertz CT molecular complexity index is 1230. The van der Waals surface area contributed by atoms with Gasteiger partial charge in [-0.15, -0.1) is 0 Å². The van der Waals surface area contributed by atoms with Crippen LogP contribution in [0.25, 0.3) is 35.2 Å². The van der Waals surface area contributed by atoms with Crippen molar-refractivity contribution < 1.29 is 9.47 Å². The Hall–Kier alpha value is -3.61. The van der Waals surface area contributed by atoms with Gasteiger partial charge in [0.15, 0.2) is 0 Å². The highest BCUT2D eigenvalue weighted by Crippen LogP contribution is 2.17. The molecule has 0 aliphatic carbocycles. The van der Waals surface area contributed by atoms with Crippen LogP contribution in [0, 0.1) is 0 Å². The van der Waals surface area contributed by atoms with Gasteiger partial charge in [-0.2, -0.15) is 5.10 Å². The first-order valence-corrected chi connectivity index (χ1v) is 11.3. The van der Waals surface area contributed by atoms with Gasteiger partial charge in [-0.05, 0) is 59.0 Å². The number of aromatic nitrogens is 3. The lowest BCUT2D eigenvalue weighted by atomic mass is 10.1. The highest BCUT2D eigenvalue weighted by molar-refractivity contribution is 5.83. The second-order valence-electron chi connectivity index (χ2n) is 8.11. The molecule has 1 aliphatic rings. The molecule has 0 spiro atoms. The van der Waals surface area contributed by atoms with Crippen LogP contribution < -0.4 is 4.74 Å². The monoisotopic (exact) mass is 440 g/mol. The number of rotatable bonds is 8. The summed E-state index contributed by atoms with van der Waals surface area (Å²) in [7, 11) is 0. The van der Waals surface area contributed by atoms with Crippen molar-refractivity contribution in [2.24, 2.45) is 0 Å². The second kappa shape index (κ2) is 10.3. The van der Waals surface area contributed by atoms with Gasteiger partial charge in [0, 0.05) is 31.3 Å². The molecule has 1 saturated heterocycles. The molecule has 0 bridgehead atoms. The lowest BCUT2D eigenvalue weighted by molar-refractivity contribution is 0.0322. The van der Waals surface area contributed by atoms with Crippen LogP contribution in [0.2, 0.25) is 0 Å². The Balaban J connectivity index is 1.13. The van der Waals surface area contributed by atoms with E-state index in [1.807, 2.05) is 36.5 Å². The van der Waals surface area contributed by atoms with E-state index in [1.54, 1.807) is 0 Å². The molecular formula is C27H28N4O2. The van der Waals surface area contributed by atoms with Crippen LogP contribution in [0.1, 0.15) is 22.5 Å². The number of fused-ring (bicyclic) bond motifs is 1. The largest absolute Gasteiger partial charge is 0.492 e. The third kappa shape index (κ3) is 5.80. The molecule has 0 atom stereocenters. The van der Waals surface area contributed by atoms with Gasteiger partial charge in [-0.25, -0.2) is 0 Å². The number of benzene rings is 2. The molecule has 0 radical (unpaired) electrons. The number of nitrogens with zero attached hydrogens (tertiary/aromatic N) is 2. The predicted molar refractivity (Wildman–Crippen MR) is 134 cm³/mol. The van der Waals surface area contributed by atoms with Crippen LogP contribution in [0.3, 0.4) is 0 Å². The van der Waals surface area contributed by atoms with Crippen molar-refractivity contribution in [1.29, 1.82) is 0 Å². The topological polar surface area (TPSA) is 66.2 Å². The molecule has 0 saturated carbocycles. The fraction of sp³-hybridized carbons (Fsp3) is 0.222. The molecule has 1 fully saturated rings. The molecule has 2 aromatic heterocycles. The maximum absolute atomic E-state index is 5.88. The van der Waals surface area contributed by atoms with E-state index < -0.39 is 0 Å². The maximum Gasteiger partial charge on any atom is 0.119 e. The Morgan fingerprint density at radius 1 is 0.909 bits per heavy atom. The van der Waals surface area contributed by atoms with Gasteiger partial charge in [-0.1, -0.05) is 36.4 Å². The minimum absolute atomic E-state index is 0.692. The summed E-state index contributed by atoms with van der Waals surface area (Å²) in [5, 5.41) is 8.67. The van der Waals surface area contributed by atoms with E-state index in [-0.39, 0.29) is 0 Å². The Morgan fingerprint density at radius 2 is 1.73 bits per heavy atom. The summed E-state index contributed by atoms with van der Waals surface area (Å²) < 4.78 is 11.3. The molecule has 6 heteroatoms. The van der Waals surface area contributed by atoms with Crippen LogP contribution in [-0.2, 0) is 4.74 Å². The van der Waals surface area contributed by atoms with E-state index in [2.05, 4.69) is 68.6 Å². The highest BCUT2D eigenvalue weighted by Gasteiger charge is 2.09. The minimum Gasteiger partial charge on any atom is -0.492 e. The van der Waals surface area contributed by atoms with Crippen molar-refractivity contribution in [3.05, 3.63) is 83.3 Å². The molecule has 5 rings (SSSR count). The first kappa shape index (κ1) is 21.2. The Morgan fingerprint density at radius 3 is 2.61 bits per heavy atom. The van der Waals surface area contributed by atoms with E-state index in [9.17, 15) is 0 Å². The van der Waals surface area contributed by atoms with Gasteiger partial charge in [0.2, 0.25) is 0 Å². The summed E-state index contributed by atoms with van der Waals surface area (Å²) in [6.45, 7) is 5.24. The fourth-order valence-electron chi connectivity index (χ4n) is 3.85. The van der Waals surface area contributed by atoms with Crippen molar-refractivity contribution in [2.75, 3.05) is 39.5 Å². The van der Waals surface area contributed by atoms with Crippen molar-refractivity contribution in [2.45, 2.75) is 0 Å². The van der Waals surface area contributed by atoms with Gasteiger partial charge in [0.1, 0.15) is 12.4 Å². The minimum atomic E-state index is 0.692. The number of aromatic amines is 2. The van der Waals surface area contributed by atoms with E-state index in [0.717, 1.165) is 66.6 Å². The lowest BCUT2D eigenvalue weighted by Gasteiger charge is -2.26. The lowest BCUT2D eigenvalue weighted by Crippen LogP contribution is -2.38. The molecule has 0 unspecified atom stereocenters. The summed E-state index contributed by atoms with van der Waals surface area (Å²) >= 11 is 0. The van der Waals surface area contributed by atoms with E-state index in [0.29, 0.717) is 6.61 Å². The van der Waals surface area contributed by atoms with Crippen LogP contribution in [0.4, 0.5) is 0 Å². The van der Waals surface area contributed by atoms with Crippen molar-refractivity contribution in [3.63, 3.8) is 0 Å². The molecule has 168 valence electrons. The molecular weight excluding hydrogens is 412 g/mol. The number of morpholine rings is 1. The van der Waals surface area contributed by atoms with E-state index in [4.69, 9.17) is 9.47 Å². The first-order chi connectivity index (χ1) is 16.3. The zero-order chi connectivity index (χ0) is 22.3. The molecule has 2 aromatic carbocycles. The number of H-pyrrole nitrogens is 2. The van der Waals surface area contributed by atoms with Gasteiger partial charge in [0.05, 0.1) is 24.6 Å². The summed E-state index contributed by atoms with van der Waals surface area (Å²) in [5.74, 6) is 0.894. The summed E-state index contributed by atoms with van der Waals surface area (Å²) in [6.07, 6.45) is 10.1. The van der Waals surface area contributed by atoms with Gasteiger partial charge < -0.3 is 14.5 Å². The quantitative estimate of drug-likeness (QED) is 0.407. The molecule has 1 aliphatic heterocycles. The average molecular weight is 441 g/mol. The van der Waals surface area contributed by atoms with Crippen LogP contribution in [0.15, 0.2) is 60.8 Å². The normalized spacial score (nSPS) is 15.2. The van der Waals surface area contributed by atoms with Crippen molar-refractivity contribution in [1.82, 2.24) is 20.1 Å². The second-order valence-corrected chi connectivity index (χ2v) is 8.11. The van der Waals surface area contributed by atoms with Crippen LogP contribution in [-0.4, -0.2) is 59.5 Å². The molecule has 33 heavy (non-hydrogen) atoms. The molecule has 3 heterocycles. The zero-order valence-electron chi connectivity index (χ0n) is 18.5. The standard InChI is InChI=1S/C27H28N4O2/c1-6-23-11-12-28-27(23)19-22(1)3-8-25-20-24(29-30-25)7-2-21-4-9-26(10-5-21)33-18-15-31-13-16-32-17-14-31/h1-12,19-20,28H,13-18H2,(H,29,30)/b7-2?,8-3+. The number of hydrogen-bond donors (Lipinski definition) is 2. The Kier molecular flexibility index (Phi) is 6.66. The number of nitrogens with one attached hydrogen (secondary N) is 2. The average Bonchev–Trinajstić information content (AvgIpc) is 3.52. The first-order valence-electron chi connectivity index (χ1n) is 11.3. The summed E-state index contributed by atoms with van der Waals surface area (Å²) in [5.41, 5.74) is 5.24. The van der Waals surface area contributed by atoms with Crippen molar-refractivity contribution in [3.8, 4) is 5.75 Å². The number of hydrogen-bond acceptors (Lipinski definition) is 4. The SMILES string of the molecule is C(=Cc1cc(/C=C/c2ccc3cc[nH]c3c2)[nH]n1)c1ccc(OCCN2CCOCC2)cc1. The fourth-order valence-corrected chi connectivity index (χ4v) is 3.85. The Labute approximate surface area is 193 Å². The van der Waals surface area contributed by atoms with Crippen LogP contribution >= 0.6 is 0 Å². The smallest absolute Gasteiger partial charge is 0.119 e. The van der Waals surface area contributed by atoms with Gasteiger partial charge in [-0.3, -0.25) is 10.00 Å². The van der Waals surface area contributed by atoms with Gasteiger partial charge in [0.25, 0.3) is 0 Å². The molecule has 2 N–H and O–H groups in total. The van der Waals surface area contributed by atoms with E-state index in [1.165, 1.54) is 5.39 Å². The zero-order valence-corrected chi connectivity index (χ0v) is 18.5. The molecule has 4 aromatic rings. The predicted octanol–water partition coefficient (Wildman–Crippen LogP) is 4.94. The summed E-state index contributed by atoms with van der Waals surface area (Å²) in [6, 6.07) is 18.6. The number of ether oxygens (including phenoxy) is 2. The third-order valence-corrected chi connectivity index (χ3v) is 5.76. The highest BCUT2D eigenvalue weighted by atomic mass is 16.5. The van der Waals surface area contributed by atoms with E-state index >= 15 is 0 Å². The summed E-state index contributed by atoms with van der Waals surface area (Å²) in [4.78, 5) is 5.61. The van der Waals surface area contributed by atoms with Crippen LogP contribution in [0.5, 0.6) is 5.75 Å². The molecule has 6 nitrogen and oxygen atoms in total. The third-order valence-electron chi connectivity index (χ3n) is 5.76. The van der Waals surface area contributed by atoms with Gasteiger partial charge >= 0.3 is 0 Å². The van der Waals surface area contributed by atoms with Crippen molar-refractivity contribution >= 4 is 35.2 Å².